The van der Waals surface area contributed by atoms with E-state index in [1.165, 1.54) is 34.4 Å². The maximum Gasteiger partial charge on any atom is 0.0412 e. The standard InChI is InChI=1S/C15H16ClNS/c1-10-6-12(9-18-10)15-7-13(16)3-2-11(15)8-17-14-4-5-14/h2-3,6-7,9,14,17H,4-5,8H2,1H3. The zero-order valence-electron chi connectivity index (χ0n) is 10.4. The monoisotopic (exact) mass is 277 g/mol. The first-order valence-electron chi connectivity index (χ1n) is 6.30. The van der Waals surface area contributed by atoms with Gasteiger partial charge in [-0.3, -0.25) is 0 Å². The number of hydrogen-bond acceptors (Lipinski definition) is 2. The molecule has 1 fully saturated rings. The van der Waals surface area contributed by atoms with Gasteiger partial charge in [-0.25, -0.2) is 0 Å². The van der Waals surface area contributed by atoms with Crippen LogP contribution in [0.25, 0.3) is 11.1 Å². The van der Waals surface area contributed by atoms with Gasteiger partial charge in [0.1, 0.15) is 0 Å². The fourth-order valence-corrected chi connectivity index (χ4v) is 2.97. The SMILES string of the molecule is Cc1cc(-c2cc(Cl)ccc2CNC2CC2)cs1. The smallest absolute Gasteiger partial charge is 0.0412 e. The van der Waals surface area contributed by atoms with Crippen molar-refractivity contribution in [1.82, 2.24) is 5.32 Å². The van der Waals surface area contributed by atoms with Crippen molar-refractivity contribution in [2.45, 2.75) is 32.4 Å². The summed E-state index contributed by atoms with van der Waals surface area (Å²) in [5.74, 6) is 0. The fraction of sp³-hybridized carbons (Fsp3) is 0.333. The minimum atomic E-state index is 0.734. The first kappa shape index (κ1) is 12.2. The first-order chi connectivity index (χ1) is 8.72. The predicted molar refractivity (Wildman–Crippen MR) is 79.4 cm³/mol. The van der Waals surface area contributed by atoms with Crippen LogP contribution in [0.4, 0.5) is 0 Å². The van der Waals surface area contributed by atoms with E-state index in [9.17, 15) is 0 Å². The highest BCUT2D eigenvalue weighted by Gasteiger charge is 2.20. The molecular formula is C15H16ClNS. The fourth-order valence-electron chi connectivity index (χ4n) is 2.10. The first-order valence-corrected chi connectivity index (χ1v) is 7.55. The van der Waals surface area contributed by atoms with Gasteiger partial charge >= 0.3 is 0 Å². The van der Waals surface area contributed by atoms with Crippen molar-refractivity contribution in [3.8, 4) is 11.1 Å². The van der Waals surface area contributed by atoms with Crippen LogP contribution >= 0.6 is 22.9 Å². The van der Waals surface area contributed by atoms with Crippen LogP contribution in [-0.4, -0.2) is 6.04 Å². The van der Waals surface area contributed by atoms with Gasteiger partial charge in [0.05, 0.1) is 0 Å². The summed E-state index contributed by atoms with van der Waals surface area (Å²) in [5, 5.41) is 6.59. The number of hydrogen-bond donors (Lipinski definition) is 1. The number of nitrogens with one attached hydrogen (secondary N) is 1. The summed E-state index contributed by atoms with van der Waals surface area (Å²) in [4.78, 5) is 1.34. The summed E-state index contributed by atoms with van der Waals surface area (Å²) >= 11 is 7.92. The zero-order chi connectivity index (χ0) is 12.5. The molecule has 0 aliphatic heterocycles. The molecule has 3 rings (SSSR count). The van der Waals surface area contributed by atoms with E-state index >= 15 is 0 Å². The molecule has 0 atom stereocenters. The minimum absolute atomic E-state index is 0.734. The second-order valence-corrected chi connectivity index (χ2v) is 6.45. The Morgan fingerprint density at radius 1 is 1.33 bits per heavy atom. The highest BCUT2D eigenvalue weighted by Crippen LogP contribution is 2.31. The molecule has 1 aromatic carbocycles. The molecule has 1 heterocycles. The molecule has 1 aliphatic carbocycles. The van der Waals surface area contributed by atoms with Gasteiger partial charge in [-0.15, -0.1) is 11.3 Å². The summed E-state index contributed by atoms with van der Waals surface area (Å²) in [5.41, 5.74) is 3.89. The molecule has 0 spiro atoms. The molecule has 0 unspecified atom stereocenters. The summed E-state index contributed by atoms with van der Waals surface area (Å²) in [7, 11) is 0. The second kappa shape index (κ2) is 5.04. The Hall–Kier alpha value is -0.830. The van der Waals surface area contributed by atoms with Crippen molar-refractivity contribution < 1.29 is 0 Å². The van der Waals surface area contributed by atoms with Gasteiger partial charge < -0.3 is 5.32 Å². The topological polar surface area (TPSA) is 12.0 Å². The maximum absolute atomic E-state index is 6.13. The normalized spacial score (nSPS) is 15.0. The largest absolute Gasteiger partial charge is 0.310 e. The van der Waals surface area contributed by atoms with Crippen LogP contribution in [0.15, 0.2) is 29.6 Å². The van der Waals surface area contributed by atoms with Crippen LogP contribution in [0.1, 0.15) is 23.3 Å². The Morgan fingerprint density at radius 3 is 2.83 bits per heavy atom. The van der Waals surface area contributed by atoms with E-state index in [0.717, 1.165) is 17.6 Å². The van der Waals surface area contributed by atoms with E-state index in [2.05, 4.69) is 35.8 Å². The highest BCUT2D eigenvalue weighted by molar-refractivity contribution is 7.10. The third kappa shape index (κ3) is 2.77. The van der Waals surface area contributed by atoms with Crippen LogP contribution in [-0.2, 0) is 6.54 Å². The van der Waals surface area contributed by atoms with Crippen molar-refractivity contribution in [2.75, 3.05) is 0 Å². The average Bonchev–Trinajstić information content (AvgIpc) is 3.09. The van der Waals surface area contributed by atoms with Crippen molar-refractivity contribution in [1.29, 1.82) is 0 Å². The maximum atomic E-state index is 6.13. The molecule has 3 heteroatoms. The van der Waals surface area contributed by atoms with Gasteiger partial charge in [0, 0.05) is 22.5 Å². The molecule has 1 nitrogen and oxygen atoms in total. The van der Waals surface area contributed by atoms with E-state index in [0.29, 0.717) is 0 Å². The van der Waals surface area contributed by atoms with Crippen molar-refractivity contribution >= 4 is 22.9 Å². The van der Waals surface area contributed by atoms with E-state index in [-0.39, 0.29) is 0 Å². The van der Waals surface area contributed by atoms with Gasteiger partial charge in [0.15, 0.2) is 0 Å². The molecule has 0 amide bonds. The summed E-state index contributed by atoms with van der Waals surface area (Å²) in [6, 6.07) is 9.16. The number of aryl methyl sites for hydroxylation is 1. The van der Waals surface area contributed by atoms with Crippen LogP contribution < -0.4 is 5.32 Å². The molecular weight excluding hydrogens is 262 g/mol. The molecule has 0 bridgehead atoms. The molecule has 1 aromatic heterocycles. The van der Waals surface area contributed by atoms with E-state index in [4.69, 9.17) is 11.6 Å². The van der Waals surface area contributed by atoms with Crippen molar-refractivity contribution in [2.24, 2.45) is 0 Å². The van der Waals surface area contributed by atoms with Crippen molar-refractivity contribution in [3.63, 3.8) is 0 Å². The quantitative estimate of drug-likeness (QED) is 0.859. The lowest BCUT2D eigenvalue weighted by atomic mass is 10.0. The summed E-state index contributed by atoms with van der Waals surface area (Å²) in [6.45, 7) is 3.08. The minimum Gasteiger partial charge on any atom is -0.310 e. The third-order valence-corrected chi connectivity index (χ3v) is 4.37. The number of rotatable bonds is 4. The molecule has 1 N–H and O–H groups in total. The third-order valence-electron chi connectivity index (χ3n) is 3.27. The number of halogens is 1. The van der Waals surface area contributed by atoms with Gasteiger partial charge in [0.25, 0.3) is 0 Å². The van der Waals surface area contributed by atoms with Crippen LogP contribution in [0.3, 0.4) is 0 Å². The Kier molecular flexibility index (Phi) is 3.42. The van der Waals surface area contributed by atoms with Gasteiger partial charge in [-0.1, -0.05) is 17.7 Å². The molecule has 0 saturated heterocycles. The molecule has 1 aliphatic rings. The predicted octanol–water partition coefficient (Wildman–Crippen LogP) is 4.63. The second-order valence-electron chi connectivity index (χ2n) is 4.90. The lowest BCUT2D eigenvalue weighted by Crippen LogP contribution is -2.15. The summed E-state index contributed by atoms with van der Waals surface area (Å²) in [6.07, 6.45) is 2.64. The van der Waals surface area contributed by atoms with Gasteiger partial charge in [-0.05, 0) is 60.0 Å². The average molecular weight is 278 g/mol. The molecule has 18 heavy (non-hydrogen) atoms. The van der Waals surface area contributed by atoms with Crippen LogP contribution in [0.5, 0.6) is 0 Å². The molecule has 94 valence electrons. The number of thiophene rings is 1. The van der Waals surface area contributed by atoms with E-state index in [1.54, 1.807) is 11.3 Å². The Morgan fingerprint density at radius 2 is 2.17 bits per heavy atom. The zero-order valence-corrected chi connectivity index (χ0v) is 11.9. The molecule has 1 saturated carbocycles. The lowest BCUT2D eigenvalue weighted by molar-refractivity contribution is 0.689. The lowest BCUT2D eigenvalue weighted by Gasteiger charge is -2.10. The van der Waals surface area contributed by atoms with Crippen LogP contribution in [0, 0.1) is 6.92 Å². The summed E-state index contributed by atoms with van der Waals surface area (Å²) < 4.78 is 0. The Labute approximate surface area is 117 Å². The van der Waals surface area contributed by atoms with Gasteiger partial charge in [-0.2, -0.15) is 0 Å². The number of benzene rings is 1. The molecule has 0 radical (unpaired) electrons. The van der Waals surface area contributed by atoms with E-state index < -0.39 is 0 Å². The Balaban J connectivity index is 1.91. The van der Waals surface area contributed by atoms with Crippen molar-refractivity contribution in [3.05, 3.63) is 45.1 Å². The Bertz CT molecular complexity index is 557. The van der Waals surface area contributed by atoms with Crippen LogP contribution in [0.2, 0.25) is 5.02 Å². The highest BCUT2D eigenvalue weighted by atomic mass is 35.5. The van der Waals surface area contributed by atoms with Gasteiger partial charge in [0.2, 0.25) is 0 Å². The molecule has 2 aromatic rings. The van der Waals surface area contributed by atoms with E-state index in [1.807, 2.05) is 6.07 Å².